The van der Waals surface area contributed by atoms with Gasteiger partial charge in [0, 0.05) is 6.54 Å². The molecule has 1 N–H and O–H groups in total. The minimum absolute atomic E-state index is 0.0256. The summed E-state index contributed by atoms with van der Waals surface area (Å²) in [6.07, 6.45) is -5.04. The van der Waals surface area contributed by atoms with Crippen LogP contribution in [0.2, 0.25) is 5.02 Å². The molecule has 8 heteroatoms. The molecule has 0 amide bonds. The lowest BCUT2D eigenvalue weighted by Gasteiger charge is -2.33. The van der Waals surface area contributed by atoms with Crippen LogP contribution in [-0.4, -0.2) is 35.0 Å². The summed E-state index contributed by atoms with van der Waals surface area (Å²) in [5.74, 6) is 0.0115. The zero-order chi connectivity index (χ0) is 15.4. The molecule has 1 aliphatic heterocycles. The van der Waals surface area contributed by atoms with E-state index in [0.29, 0.717) is 18.7 Å². The first-order valence-corrected chi connectivity index (χ1v) is 6.77. The van der Waals surface area contributed by atoms with E-state index in [1.54, 1.807) is 6.07 Å². The Bertz CT molecular complexity index is 616. The second-order valence-electron chi connectivity index (χ2n) is 5.42. The first-order valence-electron chi connectivity index (χ1n) is 6.40. The number of aromatic nitrogens is 1. The minimum atomic E-state index is -4.66. The number of anilines is 1. The van der Waals surface area contributed by atoms with Gasteiger partial charge in [-0.1, -0.05) is 11.6 Å². The molecule has 0 unspecified atom stereocenters. The fraction of sp³-hybridized carbons (Fsp3) is 0.538. The molecule has 4 nitrogen and oxygen atoms in total. The largest absolute Gasteiger partial charge is 0.416 e. The van der Waals surface area contributed by atoms with Crippen molar-refractivity contribution in [1.29, 1.82) is 5.26 Å². The van der Waals surface area contributed by atoms with Gasteiger partial charge in [0.05, 0.1) is 22.9 Å². The number of aliphatic hydroxyl groups is 1. The number of hydrogen-bond donors (Lipinski definition) is 1. The van der Waals surface area contributed by atoms with Crippen molar-refractivity contribution in [2.24, 2.45) is 11.8 Å². The molecule has 1 aromatic rings. The van der Waals surface area contributed by atoms with Crippen LogP contribution in [-0.2, 0) is 0 Å². The number of pyridine rings is 1. The Labute approximate surface area is 123 Å². The fourth-order valence-corrected chi connectivity index (χ4v) is 3.25. The number of aliphatic hydroxyl groups excluding tert-OH is 1. The molecule has 2 fully saturated rings. The van der Waals surface area contributed by atoms with E-state index in [9.17, 15) is 18.3 Å². The van der Waals surface area contributed by atoms with Crippen molar-refractivity contribution in [1.82, 2.24) is 4.98 Å². The minimum Gasteiger partial charge on any atom is -0.382 e. The molecule has 1 aromatic heterocycles. The molecule has 1 saturated heterocycles. The SMILES string of the molecule is N#Cc1ncc(N2C[C@H]3C[C@H]3[C@@H]2[C@H](O)C(F)(F)F)cc1Cl. The number of halogens is 4. The van der Waals surface area contributed by atoms with E-state index in [2.05, 4.69) is 4.98 Å². The van der Waals surface area contributed by atoms with Gasteiger partial charge in [0.15, 0.2) is 11.8 Å². The predicted molar refractivity (Wildman–Crippen MR) is 68.8 cm³/mol. The summed E-state index contributed by atoms with van der Waals surface area (Å²) in [4.78, 5) is 5.34. The van der Waals surface area contributed by atoms with Crippen LogP contribution in [0.1, 0.15) is 12.1 Å². The molecule has 4 atom stereocenters. The normalized spacial score (nSPS) is 29.0. The van der Waals surface area contributed by atoms with Gasteiger partial charge in [-0.25, -0.2) is 4.98 Å². The summed E-state index contributed by atoms with van der Waals surface area (Å²) in [5.41, 5.74) is 0.428. The van der Waals surface area contributed by atoms with E-state index in [1.807, 2.05) is 0 Å². The Hall–Kier alpha value is -1.52. The third-order valence-electron chi connectivity index (χ3n) is 4.13. The van der Waals surface area contributed by atoms with Crippen molar-refractivity contribution in [3.8, 4) is 6.07 Å². The summed E-state index contributed by atoms with van der Waals surface area (Å²) in [5, 5.41) is 18.5. The smallest absolute Gasteiger partial charge is 0.382 e. The average molecular weight is 318 g/mol. The lowest BCUT2D eigenvalue weighted by Crippen LogP contribution is -2.49. The third kappa shape index (κ3) is 2.43. The van der Waals surface area contributed by atoms with E-state index in [-0.39, 0.29) is 22.6 Å². The first kappa shape index (κ1) is 14.4. The summed E-state index contributed by atoms with van der Waals surface area (Å²) < 4.78 is 38.5. The van der Waals surface area contributed by atoms with Gasteiger partial charge in [-0.05, 0) is 24.3 Å². The van der Waals surface area contributed by atoms with Crippen molar-refractivity contribution in [2.75, 3.05) is 11.4 Å². The Morgan fingerprint density at radius 3 is 2.81 bits per heavy atom. The zero-order valence-corrected chi connectivity index (χ0v) is 11.4. The Balaban J connectivity index is 1.91. The van der Waals surface area contributed by atoms with Crippen LogP contribution in [0.3, 0.4) is 0 Å². The number of alkyl halides is 3. The van der Waals surface area contributed by atoms with E-state index in [0.717, 1.165) is 0 Å². The van der Waals surface area contributed by atoms with Crippen molar-refractivity contribution >= 4 is 17.3 Å². The summed E-state index contributed by atoms with van der Waals surface area (Å²) in [6.45, 7) is 0.437. The highest BCUT2D eigenvalue weighted by atomic mass is 35.5. The molecule has 112 valence electrons. The first-order chi connectivity index (χ1) is 9.82. The summed E-state index contributed by atoms with van der Waals surface area (Å²) >= 11 is 5.88. The maximum Gasteiger partial charge on any atom is 0.416 e. The van der Waals surface area contributed by atoms with Gasteiger partial charge >= 0.3 is 6.18 Å². The Morgan fingerprint density at radius 1 is 1.52 bits per heavy atom. The number of nitrogens with zero attached hydrogens (tertiary/aromatic N) is 3. The molecule has 3 rings (SSSR count). The van der Waals surface area contributed by atoms with Crippen molar-refractivity contribution in [2.45, 2.75) is 24.7 Å². The van der Waals surface area contributed by atoms with Crippen molar-refractivity contribution < 1.29 is 18.3 Å². The number of nitriles is 1. The van der Waals surface area contributed by atoms with Gasteiger partial charge in [-0.15, -0.1) is 0 Å². The number of fused-ring (bicyclic) bond motifs is 1. The summed E-state index contributed by atoms with van der Waals surface area (Å²) in [7, 11) is 0. The monoisotopic (exact) mass is 317 g/mol. The van der Waals surface area contributed by atoms with Gasteiger partial charge < -0.3 is 10.0 Å². The third-order valence-corrected chi connectivity index (χ3v) is 4.42. The molecule has 0 spiro atoms. The topological polar surface area (TPSA) is 60.2 Å². The average Bonchev–Trinajstić information content (AvgIpc) is 3.08. The molecular weight excluding hydrogens is 307 g/mol. The highest BCUT2D eigenvalue weighted by Gasteiger charge is 2.60. The zero-order valence-electron chi connectivity index (χ0n) is 10.7. The van der Waals surface area contributed by atoms with E-state index < -0.39 is 18.3 Å². The van der Waals surface area contributed by atoms with Gasteiger partial charge in [-0.2, -0.15) is 18.4 Å². The Kier molecular flexibility index (Phi) is 3.26. The maximum atomic E-state index is 12.8. The van der Waals surface area contributed by atoms with Crippen molar-refractivity contribution in [3.63, 3.8) is 0 Å². The van der Waals surface area contributed by atoms with Gasteiger partial charge in [-0.3, -0.25) is 0 Å². The standard InChI is InChI=1S/C13H11ClF3N3O/c14-9-2-7(4-19-10(9)3-18)20-5-6-1-8(6)11(20)12(21)13(15,16)17/h2,4,6,8,11-12,21H,1,5H2/t6-,8-,11-,12+/m1/s1. The number of hydrogen-bond acceptors (Lipinski definition) is 4. The molecule has 0 bridgehead atoms. The fourth-order valence-electron chi connectivity index (χ4n) is 3.05. The molecular formula is C13H11ClF3N3O. The molecule has 2 aliphatic rings. The van der Waals surface area contributed by atoms with Crippen LogP contribution >= 0.6 is 11.6 Å². The van der Waals surface area contributed by atoms with Gasteiger partial charge in [0.2, 0.25) is 0 Å². The van der Waals surface area contributed by atoms with Gasteiger partial charge in [0.1, 0.15) is 6.07 Å². The second-order valence-corrected chi connectivity index (χ2v) is 5.83. The van der Waals surface area contributed by atoms with Crippen LogP contribution in [0.15, 0.2) is 12.3 Å². The highest BCUT2D eigenvalue weighted by molar-refractivity contribution is 6.31. The van der Waals surface area contributed by atoms with Crippen LogP contribution < -0.4 is 4.90 Å². The van der Waals surface area contributed by atoms with E-state index >= 15 is 0 Å². The van der Waals surface area contributed by atoms with Crippen LogP contribution in [0.5, 0.6) is 0 Å². The molecule has 1 aliphatic carbocycles. The van der Waals surface area contributed by atoms with E-state index in [1.165, 1.54) is 17.2 Å². The highest BCUT2D eigenvalue weighted by Crippen LogP contribution is 2.53. The predicted octanol–water partition coefficient (Wildman–Crippen LogP) is 2.35. The number of piperidine rings is 1. The number of rotatable bonds is 2. The molecule has 0 radical (unpaired) electrons. The second kappa shape index (κ2) is 4.75. The van der Waals surface area contributed by atoms with E-state index in [4.69, 9.17) is 16.9 Å². The molecule has 2 heterocycles. The molecule has 21 heavy (non-hydrogen) atoms. The lowest BCUT2D eigenvalue weighted by atomic mass is 10.1. The van der Waals surface area contributed by atoms with Crippen LogP contribution in [0.25, 0.3) is 0 Å². The van der Waals surface area contributed by atoms with Crippen LogP contribution in [0, 0.1) is 23.2 Å². The quantitative estimate of drug-likeness (QED) is 0.909. The molecule has 1 saturated carbocycles. The van der Waals surface area contributed by atoms with Crippen LogP contribution in [0.4, 0.5) is 18.9 Å². The van der Waals surface area contributed by atoms with Gasteiger partial charge in [0.25, 0.3) is 0 Å². The Morgan fingerprint density at radius 2 is 2.24 bits per heavy atom. The maximum absolute atomic E-state index is 12.8. The lowest BCUT2D eigenvalue weighted by molar-refractivity contribution is -0.210. The summed E-state index contributed by atoms with van der Waals surface area (Å²) in [6, 6.07) is 2.21. The molecule has 0 aromatic carbocycles. The van der Waals surface area contributed by atoms with Crippen molar-refractivity contribution in [3.05, 3.63) is 23.0 Å².